The van der Waals surface area contributed by atoms with Crippen molar-refractivity contribution in [3.8, 4) is 0 Å². The third-order valence-electron chi connectivity index (χ3n) is 1.95. The van der Waals surface area contributed by atoms with E-state index in [4.69, 9.17) is 13.3 Å². The van der Waals surface area contributed by atoms with Crippen molar-refractivity contribution in [1.29, 1.82) is 0 Å². The maximum absolute atomic E-state index is 11.2. The van der Waals surface area contributed by atoms with Gasteiger partial charge in [-0.3, -0.25) is 27.7 Å². The zero-order valence-corrected chi connectivity index (χ0v) is 19.9. The molecule has 0 saturated carbocycles. The number of carbonyl (C=O) groups excluding carboxylic acids is 3. The first-order valence-electron chi connectivity index (χ1n) is 7.58. The number of allylic oxidation sites excluding steroid dienone is 6. The summed E-state index contributed by atoms with van der Waals surface area (Å²) in [4.78, 5) is 33.1. The molecule has 0 heterocycles. The molecule has 0 aliphatic heterocycles. The summed E-state index contributed by atoms with van der Waals surface area (Å²) in [6.45, 7) is 8.95. The first-order chi connectivity index (χ1) is 12.5. The monoisotopic (exact) mass is 560 g/mol. The van der Waals surface area contributed by atoms with E-state index in [2.05, 4.69) is 0 Å². The van der Waals surface area contributed by atoms with Crippen molar-refractivity contribution in [2.45, 2.75) is 41.5 Å². The fraction of sp³-hybridized carbons (Fsp3) is 0.400. The van der Waals surface area contributed by atoms with Crippen LogP contribution in [0.15, 0.2) is 35.5 Å². The van der Waals surface area contributed by atoms with E-state index in [1.165, 1.54) is 39.0 Å². The Labute approximate surface area is 168 Å². The van der Waals surface area contributed by atoms with Crippen molar-refractivity contribution in [2.24, 2.45) is 0 Å². The molecule has 0 aliphatic carbocycles. The van der Waals surface area contributed by atoms with Crippen LogP contribution in [0, 0.1) is 0 Å². The van der Waals surface area contributed by atoms with Crippen LogP contribution in [-0.2, 0) is 27.7 Å². The second-order valence-electron chi connectivity index (χ2n) is 5.61. The van der Waals surface area contributed by atoms with Crippen molar-refractivity contribution in [2.75, 3.05) is 0 Å². The zero-order chi connectivity index (χ0) is 23.7. The molecule has 0 atom stereocenters. The number of hydrogen-bond donors (Lipinski definition) is 0. The molecule has 0 aromatic heterocycles. The standard InChI is InChI=1S/C15H21O6Si.6FH.Sb/c1-10(16)7-13(4)19-22(20-14(5)8-11(2)17)21-15(6)9-12(3)18;;;;;;;/h7-9H,1-6H3;6*1H;/q+1;;;;;;;+5/p-6. The summed E-state index contributed by atoms with van der Waals surface area (Å²) < 4.78 is 75.9. The van der Waals surface area contributed by atoms with Gasteiger partial charge >= 0.3 is 45.9 Å². The minimum absolute atomic E-state index is 0.175. The molecule has 0 amide bonds. The number of hydrogen-bond acceptors (Lipinski definition) is 6. The van der Waals surface area contributed by atoms with E-state index in [0.29, 0.717) is 17.3 Å². The van der Waals surface area contributed by atoms with Crippen LogP contribution in [0.4, 0.5) is 16.9 Å². The van der Waals surface area contributed by atoms with Crippen LogP contribution in [0.3, 0.4) is 0 Å². The minimum atomic E-state index is -11.2. The molecular weight excluding hydrogens is 540 g/mol. The van der Waals surface area contributed by atoms with Gasteiger partial charge in [0.25, 0.3) is 0 Å². The Morgan fingerprint density at radius 1 is 0.586 bits per heavy atom. The SMILES string of the molecule is CC(=O)C=C(C)O[Si+](OC(C)=CC(C)=O)OC(C)=CC(C)=O.[F][Sb-]([F])([F])([F])([F])[F]. The number of halogens is 6. The Balaban J connectivity index is 0. The summed E-state index contributed by atoms with van der Waals surface area (Å²) >= 11 is -11.2. The molecule has 0 aliphatic rings. The Morgan fingerprint density at radius 3 is 0.897 bits per heavy atom. The van der Waals surface area contributed by atoms with Crippen LogP contribution in [0.5, 0.6) is 0 Å². The average Bonchev–Trinajstić information content (AvgIpc) is 2.30. The van der Waals surface area contributed by atoms with Gasteiger partial charge in [0.05, 0.1) is 0 Å². The van der Waals surface area contributed by atoms with E-state index >= 15 is 0 Å². The van der Waals surface area contributed by atoms with E-state index in [1.807, 2.05) is 0 Å². The van der Waals surface area contributed by atoms with Crippen molar-refractivity contribution >= 4 is 46.4 Å². The summed E-state index contributed by atoms with van der Waals surface area (Å²) in [6.07, 6.45) is 3.89. The molecule has 0 N–H and O–H groups in total. The van der Waals surface area contributed by atoms with Crippen LogP contribution in [0.2, 0.25) is 0 Å². The Kier molecular flexibility index (Phi) is 10.5. The second-order valence-corrected chi connectivity index (χ2v) is 12.2. The molecule has 29 heavy (non-hydrogen) atoms. The van der Waals surface area contributed by atoms with Crippen molar-refractivity contribution in [3.05, 3.63) is 35.5 Å². The third-order valence-corrected chi connectivity index (χ3v) is 3.42. The summed E-state index contributed by atoms with van der Waals surface area (Å²) in [5.41, 5.74) is 0. The van der Waals surface area contributed by atoms with E-state index < -0.39 is 29.0 Å². The van der Waals surface area contributed by atoms with Crippen molar-refractivity contribution in [3.63, 3.8) is 0 Å². The summed E-state index contributed by atoms with van der Waals surface area (Å²) in [7, 11) is -2.34. The van der Waals surface area contributed by atoms with Gasteiger partial charge in [-0.15, -0.1) is 0 Å². The van der Waals surface area contributed by atoms with Crippen molar-refractivity contribution < 1.29 is 44.5 Å². The molecule has 0 bridgehead atoms. The summed E-state index contributed by atoms with van der Waals surface area (Å²) in [5.74, 6) is 0.454. The van der Waals surface area contributed by atoms with E-state index in [1.54, 1.807) is 20.8 Å². The predicted octanol–water partition coefficient (Wildman–Crippen LogP) is 4.64. The first kappa shape index (κ1) is 29.4. The maximum atomic E-state index is 11.0. The quantitative estimate of drug-likeness (QED) is 0.177. The third kappa shape index (κ3) is 31.2. The van der Waals surface area contributed by atoms with Gasteiger partial charge in [-0.1, -0.05) is 0 Å². The number of rotatable bonds is 9. The molecule has 6 nitrogen and oxygen atoms in total. The summed E-state index contributed by atoms with van der Waals surface area (Å²) in [5, 5.41) is 0. The van der Waals surface area contributed by atoms with E-state index in [9.17, 15) is 31.3 Å². The molecular formula is C15H21F6O6SbSi. The van der Waals surface area contributed by atoms with Gasteiger partial charge in [0.1, 0.15) is 17.3 Å². The first-order valence-corrected chi connectivity index (χ1v) is 14.6. The molecule has 0 radical (unpaired) electrons. The van der Waals surface area contributed by atoms with E-state index in [0.717, 1.165) is 0 Å². The van der Waals surface area contributed by atoms with Crippen LogP contribution >= 0.6 is 0 Å². The normalized spacial score (nSPS) is 15.1. The molecule has 0 aromatic rings. The fourth-order valence-electron chi connectivity index (χ4n) is 1.40. The van der Waals surface area contributed by atoms with Gasteiger partial charge in [-0.25, -0.2) is 0 Å². The molecule has 0 fully saturated rings. The molecule has 0 saturated heterocycles. The fourth-order valence-corrected chi connectivity index (χ4v) is 2.49. The van der Waals surface area contributed by atoms with Crippen LogP contribution in [0.25, 0.3) is 0 Å². The van der Waals surface area contributed by atoms with Crippen molar-refractivity contribution in [1.82, 2.24) is 0 Å². The van der Waals surface area contributed by atoms with Gasteiger partial charge < -0.3 is 0 Å². The molecule has 14 heteroatoms. The van der Waals surface area contributed by atoms with Gasteiger partial charge in [-0.2, -0.15) is 0 Å². The van der Waals surface area contributed by atoms with Crippen LogP contribution in [0.1, 0.15) is 41.5 Å². The van der Waals surface area contributed by atoms with Crippen LogP contribution < -0.4 is 0 Å². The van der Waals surface area contributed by atoms with Gasteiger partial charge in [0, 0.05) is 18.2 Å². The zero-order valence-electron chi connectivity index (χ0n) is 16.4. The van der Waals surface area contributed by atoms with Gasteiger partial charge in [0.2, 0.25) is 0 Å². The van der Waals surface area contributed by atoms with Gasteiger partial charge in [-0.05, 0) is 41.5 Å². The average molecular weight is 561 g/mol. The number of carbonyl (C=O) groups is 3. The predicted molar refractivity (Wildman–Crippen MR) is 94.7 cm³/mol. The molecule has 0 rings (SSSR count). The van der Waals surface area contributed by atoms with Gasteiger partial charge in [0.15, 0.2) is 17.3 Å². The number of ketones is 3. The topological polar surface area (TPSA) is 78.9 Å². The molecule has 0 spiro atoms. The molecule has 0 unspecified atom stereocenters. The summed E-state index contributed by atoms with van der Waals surface area (Å²) in [6, 6.07) is 0. The second kappa shape index (κ2) is 10.3. The molecule has 168 valence electrons. The van der Waals surface area contributed by atoms with Crippen LogP contribution in [-0.4, -0.2) is 46.4 Å². The Bertz CT molecular complexity index is 640. The Hall–Kier alpha value is -1.75. The molecule has 0 aromatic carbocycles. The Morgan fingerprint density at radius 2 is 0.759 bits per heavy atom. The van der Waals surface area contributed by atoms with E-state index in [-0.39, 0.29) is 17.3 Å².